The highest BCUT2D eigenvalue weighted by Gasteiger charge is 2.23. The van der Waals surface area contributed by atoms with E-state index in [0.717, 1.165) is 12.1 Å². The maximum absolute atomic E-state index is 11.2. The van der Waals surface area contributed by atoms with E-state index in [1.165, 1.54) is 64.2 Å². The van der Waals surface area contributed by atoms with E-state index in [1.54, 1.807) is 20.8 Å². The summed E-state index contributed by atoms with van der Waals surface area (Å²) in [4.78, 5) is 21.8. The van der Waals surface area contributed by atoms with Crippen LogP contribution in [0.4, 0.5) is 4.79 Å². The van der Waals surface area contributed by atoms with Crippen LogP contribution in [0.5, 0.6) is 0 Å². The van der Waals surface area contributed by atoms with Gasteiger partial charge in [0.25, 0.3) is 0 Å². The number of hydrogen-bond donors (Lipinski definition) is 3. The summed E-state index contributed by atoms with van der Waals surface area (Å²) in [6, 6.07) is 0.638. The number of carboxylic acids is 1. The molecule has 2 fully saturated rings. The summed E-state index contributed by atoms with van der Waals surface area (Å²) in [7, 11) is 0. The van der Waals surface area contributed by atoms with Gasteiger partial charge in [-0.05, 0) is 46.5 Å². The minimum atomic E-state index is -1.18. The van der Waals surface area contributed by atoms with Crippen LogP contribution in [0.25, 0.3) is 0 Å². The average molecular weight is 395 g/mol. The van der Waals surface area contributed by atoms with Gasteiger partial charge in [0.15, 0.2) is 0 Å². The second kappa shape index (κ2) is 12.7. The summed E-state index contributed by atoms with van der Waals surface area (Å²) >= 11 is 0. The van der Waals surface area contributed by atoms with Gasteiger partial charge in [0, 0.05) is 18.5 Å². The van der Waals surface area contributed by atoms with Crippen molar-refractivity contribution in [3.63, 3.8) is 0 Å². The van der Waals surface area contributed by atoms with Crippen molar-refractivity contribution in [2.45, 2.75) is 115 Å². The average Bonchev–Trinajstić information content (AvgIpc) is 2.62. The van der Waals surface area contributed by atoms with E-state index in [2.05, 4.69) is 16.6 Å². The zero-order valence-electron chi connectivity index (χ0n) is 17.8. The molecule has 2 saturated carbocycles. The third kappa shape index (κ3) is 11.2. The van der Waals surface area contributed by atoms with E-state index in [1.807, 2.05) is 0 Å². The second-order valence-electron chi connectivity index (χ2n) is 8.78. The van der Waals surface area contributed by atoms with Crippen molar-refractivity contribution < 1.29 is 19.4 Å². The van der Waals surface area contributed by atoms with Crippen molar-refractivity contribution in [1.29, 1.82) is 0 Å². The third-order valence-electron chi connectivity index (χ3n) is 4.99. The van der Waals surface area contributed by atoms with Crippen molar-refractivity contribution in [3.05, 3.63) is 0 Å². The molecule has 1 unspecified atom stereocenters. The van der Waals surface area contributed by atoms with Gasteiger partial charge >= 0.3 is 12.1 Å². The third-order valence-corrected chi connectivity index (χ3v) is 4.99. The van der Waals surface area contributed by atoms with Gasteiger partial charge in [-0.15, -0.1) is 12.3 Å². The maximum atomic E-state index is 11.2. The van der Waals surface area contributed by atoms with E-state index in [9.17, 15) is 9.59 Å². The van der Waals surface area contributed by atoms with E-state index in [4.69, 9.17) is 16.3 Å². The van der Waals surface area contributed by atoms with Gasteiger partial charge in [0.2, 0.25) is 0 Å². The van der Waals surface area contributed by atoms with Gasteiger partial charge in [-0.25, -0.2) is 9.59 Å². The highest BCUT2D eigenvalue weighted by atomic mass is 16.6. The summed E-state index contributed by atoms with van der Waals surface area (Å²) < 4.78 is 4.88. The summed E-state index contributed by atoms with van der Waals surface area (Å²) in [6.45, 7) is 5.05. The molecule has 6 heteroatoms. The van der Waals surface area contributed by atoms with Crippen LogP contribution in [0, 0.1) is 12.3 Å². The fourth-order valence-electron chi connectivity index (χ4n) is 3.64. The topological polar surface area (TPSA) is 87.7 Å². The predicted molar refractivity (Wildman–Crippen MR) is 111 cm³/mol. The lowest BCUT2D eigenvalue weighted by Crippen LogP contribution is -2.43. The van der Waals surface area contributed by atoms with Gasteiger partial charge in [0.1, 0.15) is 11.6 Å². The number of rotatable bonds is 5. The maximum Gasteiger partial charge on any atom is 0.408 e. The van der Waals surface area contributed by atoms with Crippen LogP contribution >= 0.6 is 0 Å². The Kier molecular flexibility index (Phi) is 11.0. The molecule has 28 heavy (non-hydrogen) atoms. The number of carbonyl (C=O) groups is 2. The molecule has 0 aromatic carbocycles. The largest absolute Gasteiger partial charge is 0.480 e. The van der Waals surface area contributed by atoms with Crippen molar-refractivity contribution in [2.75, 3.05) is 0 Å². The molecular formula is C22H38N2O4. The molecule has 0 saturated heterocycles. The lowest BCUT2D eigenvalue weighted by Gasteiger charge is -2.30. The van der Waals surface area contributed by atoms with Crippen LogP contribution < -0.4 is 10.6 Å². The molecule has 160 valence electrons. The van der Waals surface area contributed by atoms with Gasteiger partial charge < -0.3 is 20.5 Å². The first-order valence-corrected chi connectivity index (χ1v) is 10.6. The van der Waals surface area contributed by atoms with Gasteiger partial charge in [-0.1, -0.05) is 38.5 Å². The fourth-order valence-corrected chi connectivity index (χ4v) is 3.64. The lowest BCUT2D eigenvalue weighted by atomic mass is 9.91. The van der Waals surface area contributed by atoms with Crippen LogP contribution in [-0.4, -0.2) is 40.9 Å². The molecule has 3 N–H and O–H groups in total. The van der Waals surface area contributed by atoms with Crippen molar-refractivity contribution >= 4 is 12.1 Å². The molecule has 0 radical (unpaired) electrons. The van der Waals surface area contributed by atoms with E-state index in [0.29, 0.717) is 0 Å². The molecule has 0 aromatic rings. The van der Waals surface area contributed by atoms with Gasteiger partial charge in [0.05, 0.1) is 0 Å². The molecule has 0 bridgehead atoms. The zero-order chi connectivity index (χ0) is 21.0. The quantitative estimate of drug-likeness (QED) is 0.608. The van der Waals surface area contributed by atoms with Crippen LogP contribution in [0.2, 0.25) is 0 Å². The Labute approximate surface area is 170 Å². The SMILES string of the molecule is C#CCC(NC(=O)OC(C)(C)C)C(=O)O.C1CCC(NC2CCCCC2)CC1. The van der Waals surface area contributed by atoms with Crippen LogP contribution in [-0.2, 0) is 9.53 Å². The molecule has 0 aromatic heterocycles. The monoisotopic (exact) mass is 394 g/mol. The van der Waals surface area contributed by atoms with Crippen molar-refractivity contribution in [2.24, 2.45) is 0 Å². The van der Waals surface area contributed by atoms with Crippen molar-refractivity contribution in [3.8, 4) is 12.3 Å². The lowest BCUT2D eigenvalue weighted by molar-refractivity contribution is -0.139. The summed E-state index contributed by atoms with van der Waals surface area (Å²) in [6.07, 6.45) is 18.7. The highest BCUT2D eigenvalue weighted by Crippen LogP contribution is 2.22. The number of hydrogen-bond acceptors (Lipinski definition) is 4. The molecule has 0 aliphatic heterocycles. The standard InChI is InChI=1S/C12H23N.C10H15NO4/c1-3-7-11(8-4-1)13-12-9-5-2-6-10-12;1-5-6-7(8(12)13)11-9(14)15-10(2,3)4/h11-13H,1-10H2;1,7H,6H2,2-4H3,(H,11,14)(H,12,13). The number of aliphatic carboxylic acids is 1. The summed E-state index contributed by atoms with van der Waals surface area (Å²) in [5.41, 5.74) is -0.663. The molecule has 6 nitrogen and oxygen atoms in total. The van der Waals surface area contributed by atoms with Crippen LogP contribution in [0.3, 0.4) is 0 Å². The van der Waals surface area contributed by atoms with Crippen LogP contribution in [0.15, 0.2) is 0 Å². The minimum absolute atomic E-state index is 0.0748. The van der Waals surface area contributed by atoms with Crippen molar-refractivity contribution in [1.82, 2.24) is 10.6 Å². The van der Waals surface area contributed by atoms with E-state index >= 15 is 0 Å². The molecule has 0 spiro atoms. The fraction of sp³-hybridized carbons (Fsp3) is 0.818. The Morgan fingerprint density at radius 3 is 1.86 bits per heavy atom. The first kappa shape index (κ1) is 24.3. The number of terminal acetylenes is 1. The molecule has 0 heterocycles. The number of carbonyl (C=O) groups excluding carboxylic acids is 1. The van der Waals surface area contributed by atoms with Gasteiger partial charge in [-0.3, -0.25) is 0 Å². The summed E-state index contributed by atoms with van der Waals surface area (Å²) in [5.74, 6) is 0.985. The normalized spacial score (nSPS) is 19.5. The Balaban J connectivity index is 0.000000281. The Morgan fingerprint density at radius 2 is 1.50 bits per heavy atom. The second-order valence-corrected chi connectivity index (χ2v) is 8.78. The first-order chi connectivity index (χ1) is 13.2. The number of ether oxygens (including phenoxy) is 1. The summed E-state index contributed by atoms with van der Waals surface area (Å²) in [5, 5.41) is 14.7. The molecule has 1 atom stereocenters. The van der Waals surface area contributed by atoms with E-state index < -0.39 is 23.7 Å². The Bertz CT molecular complexity index is 494. The minimum Gasteiger partial charge on any atom is -0.480 e. The molecular weight excluding hydrogens is 356 g/mol. The molecule has 1 amide bonds. The molecule has 2 aliphatic carbocycles. The van der Waals surface area contributed by atoms with Crippen LogP contribution in [0.1, 0.15) is 91.4 Å². The highest BCUT2D eigenvalue weighted by molar-refractivity contribution is 5.80. The number of nitrogens with one attached hydrogen (secondary N) is 2. The zero-order valence-corrected chi connectivity index (χ0v) is 17.8. The van der Waals surface area contributed by atoms with E-state index in [-0.39, 0.29) is 6.42 Å². The number of alkyl carbamates (subject to hydrolysis) is 1. The first-order valence-electron chi connectivity index (χ1n) is 10.6. The molecule has 2 rings (SSSR count). The van der Waals surface area contributed by atoms with Gasteiger partial charge in [-0.2, -0.15) is 0 Å². The number of carboxylic acid groups (broad SMARTS) is 1. The number of amides is 1. The Hall–Kier alpha value is -1.74. The molecule has 2 aliphatic rings. The Morgan fingerprint density at radius 1 is 1.04 bits per heavy atom. The predicted octanol–water partition coefficient (Wildman–Crippen LogP) is 4.23. The smallest absolute Gasteiger partial charge is 0.408 e.